The molecule has 0 spiro atoms. The minimum Gasteiger partial charge on any atom is -0.468 e. The predicted molar refractivity (Wildman–Crippen MR) is 112 cm³/mol. The number of hydrogen-bond donors (Lipinski definition) is 0. The SMILES string of the molecule is COC[C@@H]1N=C(C2OC2(c2ccc(F)cc2)c2ccc(F)cc2)O[C@H]1c1ccccc1. The van der Waals surface area contributed by atoms with Gasteiger partial charge in [0, 0.05) is 7.11 Å². The summed E-state index contributed by atoms with van der Waals surface area (Å²) in [5.74, 6) is -0.215. The zero-order valence-corrected chi connectivity index (χ0v) is 16.9. The van der Waals surface area contributed by atoms with Gasteiger partial charge in [0.25, 0.3) is 0 Å². The zero-order valence-electron chi connectivity index (χ0n) is 16.9. The number of rotatable bonds is 6. The van der Waals surface area contributed by atoms with Crippen molar-refractivity contribution >= 4 is 5.90 Å². The summed E-state index contributed by atoms with van der Waals surface area (Å²) >= 11 is 0. The van der Waals surface area contributed by atoms with E-state index in [0.717, 1.165) is 16.7 Å². The molecule has 3 aromatic carbocycles. The van der Waals surface area contributed by atoms with Crippen LogP contribution in [0.15, 0.2) is 83.9 Å². The topological polar surface area (TPSA) is 43.3 Å². The Morgan fingerprint density at radius 1 is 0.871 bits per heavy atom. The van der Waals surface area contributed by atoms with E-state index >= 15 is 0 Å². The van der Waals surface area contributed by atoms with Gasteiger partial charge in [-0.3, -0.25) is 0 Å². The van der Waals surface area contributed by atoms with Crippen molar-refractivity contribution in [1.82, 2.24) is 0 Å². The minimum absolute atomic E-state index is 0.217. The van der Waals surface area contributed by atoms with Crippen molar-refractivity contribution in [1.29, 1.82) is 0 Å². The molecule has 0 aliphatic carbocycles. The van der Waals surface area contributed by atoms with Gasteiger partial charge in [-0.1, -0.05) is 54.6 Å². The molecule has 0 aromatic heterocycles. The van der Waals surface area contributed by atoms with E-state index in [1.807, 2.05) is 30.3 Å². The van der Waals surface area contributed by atoms with Crippen LogP contribution in [0, 0.1) is 11.6 Å². The molecule has 1 saturated heterocycles. The first-order valence-corrected chi connectivity index (χ1v) is 10.1. The van der Waals surface area contributed by atoms with Crippen LogP contribution in [0.5, 0.6) is 0 Å². The molecule has 1 fully saturated rings. The Morgan fingerprint density at radius 2 is 1.45 bits per heavy atom. The monoisotopic (exact) mass is 421 g/mol. The molecule has 0 radical (unpaired) electrons. The van der Waals surface area contributed by atoms with E-state index in [2.05, 4.69) is 0 Å². The lowest BCUT2D eigenvalue weighted by Gasteiger charge is -2.18. The number of hydrogen-bond acceptors (Lipinski definition) is 4. The summed E-state index contributed by atoms with van der Waals surface area (Å²) < 4.78 is 45.0. The smallest absolute Gasteiger partial charge is 0.218 e. The molecule has 0 bridgehead atoms. The van der Waals surface area contributed by atoms with Crippen LogP contribution < -0.4 is 0 Å². The Bertz CT molecular complexity index is 1040. The summed E-state index contributed by atoms with van der Waals surface area (Å²) in [6, 6.07) is 21.9. The molecule has 4 nitrogen and oxygen atoms in total. The van der Waals surface area contributed by atoms with Crippen LogP contribution in [0.1, 0.15) is 22.8 Å². The highest BCUT2D eigenvalue weighted by Gasteiger charge is 2.64. The summed E-state index contributed by atoms with van der Waals surface area (Å²) in [6.45, 7) is 0.399. The van der Waals surface area contributed by atoms with Gasteiger partial charge in [0.1, 0.15) is 23.8 Å². The van der Waals surface area contributed by atoms with E-state index in [1.165, 1.54) is 24.3 Å². The number of ether oxygens (including phenoxy) is 3. The fourth-order valence-corrected chi connectivity index (χ4v) is 4.20. The number of benzene rings is 3. The maximum atomic E-state index is 13.6. The highest BCUT2D eigenvalue weighted by Crippen LogP contribution is 2.54. The summed E-state index contributed by atoms with van der Waals surface area (Å²) in [7, 11) is 1.63. The van der Waals surface area contributed by atoms with Crippen LogP contribution in [-0.4, -0.2) is 31.8 Å². The van der Waals surface area contributed by atoms with E-state index in [4.69, 9.17) is 19.2 Å². The van der Waals surface area contributed by atoms with Gasteiger partial charge in [0.15, 0.2) is 11.7 Å². The molecular weight excluding hydrogens is 400 g/mol. The Kier molecular flexibility index (Phi) is 5.04. The summed E-state index contributed by atoms with van der Waals surface area (Å²) in [5.41, 5.74) is 1.59. The zero-order chi connectivity index (χ0) is 21.4. The van der Waals surface area contributed by atoms with Crippen LogP contribution in [0.3, 0.4) is 0 Å². The van der Waals surface area contributed by atoms with Crippen molar-refractivity contribution in [2.24, 2.45) is 4.99 Å². The minimum atomic E-state index is -0.913. The fraction of sp³-hybridized carbons (Fsp3) is 0.240. The Labute approximate surface area is 179 Å². The number of nitrogens with zero attached hydrogens (tertiary/aromatic N) is 1. The van der Waals surface area contributed by atoms with Gasteiger partial charge >= 0.3 is 0 Å². The predicted octanol–water partition coefficient (Wildman–Crippen LogP) is 4.79. The lowest BCUT2D eigenvalue weighted by atomic mass is 9.87. The Morgan fingerprint density at radius 3 is 2.00 bits per heavy atom. The third-order valence-corrected chi connectivity index (χ3v) is 5.74. The van der Waals surface area contributed by atoms with Gasteiger partial charge in [-0.05, 0) is 41.0 Å². The summed E-state index contributed by atoms with van der Waals surface area (Å²) in [6.07, 6.45) is -0.795. The molecule has 0 saturated carbocycles. The number of methoxy groups -OCH3 is 1. The van der Waals surface area contributed by atoms with Gasteiger partial charge in [-0.2, -0.15) is 0 Å². The van der Waals surface area contributed by atoms with Crippen LogP contribution in [0.4, 0.5) is 8.78 Å². The van der Waals surface area contributed by atoms with Gasteiger partial charge in [0.2, 0.25) is 5.90 Å². The van der Waals surface area contributed by atoms with Gasteiger partial charge in [0.05, 0.1) is 6.61 Å². The van der Waals surface area contributed by atoms with Crippen molar-refractivity contribution in [3.8, 4) is 0 Å². The van der Waals surface area contributed by atoms with E-state index < -0.39 is 11.7 Å². The van der Waals surface area contributed by atoms with E-state index in [9.17, 15) is 8.78 Å². The van der Waals surface area contributed by atoms with Crippen LogP contribution in [0.25, 0.3) is 0 Å². The molecular formula is C25H21F2NO3. The fourth-order valence-electron chi connectivity index (χ4n) is 4.20. The van der Waals surface area contributed by atoms with Crippen molar-refractivity contribution in [3.05, 3.63) is 107 Å². The molecule has 0 N–H and O–H groups in total. The van der Waals surface area contributed by atoms with Crippen LogP contribution in [0.2, 0.25) is 0 Å². The number of halogens is 2. The lowest BCUT2D eigenvalue weighted by molar-refractivity contribution is 0.118. The molecule has 2 aliphatic heterocycles. The van der Waals surface area contributed by atoms with E-state index in [1.54, 1.807) is 31.4 Å². The summed E-state index contributed by atoms with van der Waals surface area (Å²) in [5, 5.41) is 0. The van der Waals surface area contributed by atoms with Gasteiger partial charge < -0.3 is 14.2 Å². The quantitative estimate of drug-likeness (QED) is 0.538. The van der Waals surface area contributed by atoms with Crippen molar-refractivity contribution < 1.29 is 23.0 Å². The normalized spacial score (nSPS) is 23.8. The maximum Gasteiger partial charge on any atom is 0.218 e. The molecule has 3 atom stereocenters. The molecule has 0 amide bonds. The second kappa shape index (κ2) is 7.87. The van der Waals surface area contributed by atoms with E-state index in [-0.39, 0.29) is 23.8 Å². The first-order valence-electron chi connectivity index (χ1n) is 10.1. The molecule has 158 valence electrons. The third-order valence-electron chi connectivity index (χ3n) is 5.74. The highest BCUT2D eigenvalue weighted by atomic mass is 19.1. The lowest BCUT2D eigenvalue weighted by Crippen LogP contribution is -2.22. The maximum absolute atomic E-state index is 13.6. The first-order chi connectivity index (χ1) is 15.1. The molecule has 1 unspecified atom stereocenters. The second-order valence-electron chi connectivity index (χ2n) is 7.69. The van der Waals surface area contributed by atoms with Gasteiger partial charge in [-0.25, -0.2) is 13.8 Å². The van der Waals surface area contributed by atoms with Crippen molar-refractivity contribution in [2.45, 2.75) is 23.9 Å². The van der Waals surface area contributed by atoms with Gasteiger partial charge in [-0.15, -0.1) is 0 Å². The van der Waals surface area contributed by atoms with Crippen LogP contribution in [-0.2, 0) is 19.8 Å². The molecule has 5 rings (SSSR count). The molecule has 6 heteroatoms. The molecule has 31 heavy (non-hydrogen) atoms. The van der Waals surface area contributed by atoms with Crippen molar-refractivity contribution in [2.75, 3.05) is 13.7 Å². The van der Waals surface area contributed by atoms with E-state index in [0.29, 0.717) is 12.5 Å². The molecule has 2 heterocycles. The average Bonchev–Trinajstić information content (AvgIpc) is 3.41. The Hall–Kier alpha value is -3.09. The standard InChI is InChI=1S/C25H21F2NO3/c1-29-15-21-22(16-5-3-2-4-6-16)30-24(28-21)23-25(31-23,17-7-11-19(26)12-8-17)18-9-13-20(27)14-10-18/h2-14,21-23H,15H2,1H3/t21-,22-,23?/m0/s1. The largest absolute Gasteiger partial charge is 0.468 e. The molecule has 3 aromatic rings. The van der Waals surface area contributed by atoms with Crippen molar-refractivity contribution in [3.63, 3.8) is 0 Å². The Balaban J connectivity index is 1.51. The molecule has 2 aliphatic rings. The van der Waals surface area contributed by atoms with Crippen LogP contribution >= 0.6 is 0 Å². The second-order valence-corrected chi connectivity index (χ2v) is 7.69. The third kappa shape index (κ3) is 3.52. The summed E-state index contributed by atoms with van der Waals surface area (Å²) in [4.78, 5) is 4.78. The first kappa shape index (κ1) is 19.8. The highest BCUT2D eigenvalue weighted by molar-refractivity contribution is 5.88. The number of aliphatic imine (C=N–C) groups is 1. The number of epoxide rings is 1. The average molecular weight is 421 g/mol.